The van der Waals surface area contributed by atoms with E-state index in [9.17, 15) is 9.90 Å². The third kappa shape index (κ3) is 5.05. The van der Waals surface area contributed by atoms with Crippen LogP contribution in [0.25, 0.3) is 22.3 Å². The number of carbonyl (C=O) groups is 1. The first-order chi connectivity index (χ1) is 14.5. The van der Waals surface area contributed by atoms with Gasteiger partial charge in [0.05, 0.1) is 13.2 Å². The first kappa shape index (κ1) is 21.5. The Kier molecular flexibility index (Phi) is 7.21. The number of rotatable bonds is 8. The summed E-state index contributed by atoms with van der Waals surface area (Å²) in [4.78, 5) is 11.6. The van der Waals surface area contributed by atoms with Gasteiger partial charge in [-0.15, -0.1) is 0 Å². The minimum Gasteiger partial charge on any atom is -0.462 e. The molecule has 0 aliphatic carbocycles. The van der Waals surface area contributed by atoms with E-state index in [1.807, 2.05) is 18.2 Å². The van der Waals surface area contributed by atoms with Gasteiger partial charge in [0, 0.05) is 12.0 Å². The van der Waals surface area contributed by atoms with E-state index < -0.39 is 0 Å². The fourth-order valence-corrected chi connectivity index (χ4v) is 3.54. The van der Waals surface area contributed by atoms with E-state index in [4.69, 9.17) is 4.74 Å². The number of aryl methyl sites for hydroxylation is 1. The lowest BCUT2D eigenvalue weighted by atomic mass is 9.91. The molecule has 3 nitrogen and oxygen atoms in total. The normalized spacial score (nSPS) is 10.6. The van der Waals surface area contributed by atoms with E-state index in [2.05, 4.69) is 62.0 Å². The Bertz CT molecular complexity index is 1040. The summed E-state index contributed by atoms with van der Waals surface area (Å²) in [6, 6.07) is 23.0. The van der Waals surface area contributed by atoms with Crippen LogP contribution in [0.4, 0.5) is 0 Å². The Morgan fingerprint density at radius 3 is 2.27 bits per heavy atom. The first-order valence-electron chi connectivity index (χ1n) is 10.3. The molecule has 0 aliphatic rings. The molecule has 0 heterocycles. The zero-order valence-corrected chi connectivity index (χ0v) is 17.7. The van der Waals surface area contributed by atoms with Crippen molar-refractivity contribution in [2.24, 2.45) is 0 Å². The number of aliphatic hydroxyl groups excluding tert-OH is 1. The number of carbonyl (C=O) groups excluding carboxylic acids is 1. The van der Waals surface area contributed by atoms with Crippen LogP contribution in [0.15, 0.2) is 78.9 Å². The second-order valence-electron chi connectivity index (χ2n) is 7.40. The molecule has 0 radical (unpaired) electrons. The van der Waals surface area contributed by atoms with Gasteiger partial charge in [-0.05, 0) is 52.3 Å². The SMILES string of the molecule is C=C(C)C(=O)OCCc1cc(-c2ccc(-c3ccccc3)cc2CC)ccc1CO. The van der Waals surface area contributed by atoms with Crippen molar-refractivity contribution in [1.29, 1.82) is 0 Å². The lowest BCUT2D eigenvalue weighted by Crippen LogP contribution is -2.09. The molecule has 0 unspecified atom stereocenters. The van der Waals surface area contributed by atoms with Gasteiger partial charge in [0.25, 0.3) is 0 Å². The van der Waals surface area contributed by atoms with E-state index >= 15 is 0 Å². The van der Waals surface area contributed by atoms with Gasteiger partial charge in [0.15, 0.2) is 0 Å². The highest BCUT2D eigenvalue weighted by molar-refractivity contribution is 5.86. The molecule has 154 valence electrons. The van der Waals surface area contributed by atoms with E-state index in [0.29, 0.717) is 12.0 Å². The van der Waals surface area contributed by atoms with Crippen LogP contribution >= 0.6 is 0 Å². The second-order valence-corrected chi connectivity index (χ2v) is 7.40. The van der Waals surface area contributed by atoms with Gasteiger partial charge in [0.1, 0.15) is 0 Å². The molecule has 0 aliphatic heterocycles. The zero-order chi connectivity index (χ0) is 21.5. The summed E-state index contributed by atoms with van der Waals surface area (Å²) in [5.74, 6) is -0.388. The first-order valence-corrected chi connectivity index (χ1v) is 10.3. The average molecular weight is 401 g/mol. The van der Waals surface area contributed by atoms with Crippen LogP contribution in [0.2, 0.25) is 0 Å². The summed E-state index contributed by atoms with van der Waals surface area (Å²) in [5.41, 5.74) is 8.18. The van der Waals surface area contributed by atoms with Crippen LogP contribution in [0, 0.1) is 0 Å². The second kappa shape index (κ2) is 10.0. The van der Waals surface area contributed by atoms with Crippen molar-refractivity contribution in [3.8, 4) is 22.3 Å². The van der Waals surface area contributed by atoms with Crippen molar-refractivity contribution < 1.29 is 14.6 Å². The minimum absolute atomic E-state index is 0.0440. The lowest BCUT2D eigenvalue weighted by Gasteiger charge is -2.15. The zero-order valence-electron chi connectivity index (χ0n) is 17.7. The minimum atomic E-state index is -0.388. The quantitative estimate of drug-likeness (QED) is 0.388. The molecule has 0 fully saturated rings. The van der Waals surface area contributed by atoms with Crippen molar-refractivity contribution in [2.75, 3.05) is 6.61 Å². The third-order valence-corrected chi connectivity index (χ3v) is 5.23. The van der Waals surface area contributed by atoms with Crippen LogP contribution in [0.5, 0.6) is 0 Å². The van der Waals surface area contributed by atoms with E-state index in [1.54, 1.807) is 6.92 Å². The summed E-state index contributed by atoms with van der Waals surface area (Å²) in [7, 11) is 0. The standard InChI is InChI=1S/C27H28O3/c1-4-20-16-22(21-8-6-5-7-9-21)12-13-26(20)24-10-11-25(18-28)23(17-24)14-15-30-27(29)19(2)3/h5-13,16-17,28H,2,4,14-15,18H2,1,3H3. The van der Waals surface area contributed by atoms with E-state index in [0.717, 1.165) is 23.1 Å². The van der Waals surface area contributed by atoms with Gasteiger partial charge in [-0.25, -0.2) is 4.79 Å². The smallest absolute Gasteiger partial charge is 0.333 e. The van der Waals surface area contributed by atoms with Crippen molar-refractivity contribution in [3.63, 3.8) is 0 Å². The molecule has 3 aromatic carbocycles. The van der Waals surface area contributed by atoms with Gasteiger partial charge in [-0.2, -0.15) is 0 Å². The average Bonchev–Trinajstić information content (AvgIpc) is 2.79. The number of esters is 1. The molecule has 1 N–H and O–H groups in total. The molecule has 0 amide bonds. The fourth-order valence-electron chi connectivity index (χ4n) is 3.54. The topological polar surface area (TPSA) is 46.5 Å². The van der Waals surface area contributed by atoms with Crippen LogP contribution in [0.3, 0.4) is 0 Å². The number of hydrogen-bond acceptors (Lipinski definition) is 3. The Morgan fingerprint density at radius 1 is 0.900 bits per heavy atom. The Labute approximate surface area is 178 Å². The van der Waals surface area contributed by atoms with Gasteiger partial charge >= 0.3 is 5.97 Å². The molecule has 0 saturated heterocycles. The van der Waals surface area contributed by atoms with Crippen LogP contribution in [-0.2, 0) is 29.0 Å². The molecule has 0 saturated carbocycles. The molecular formula is C27H28O3. The molecule has 0 aromatic heterocycles. The Hall–Kier alpha value is -3.17. The predicted octanol–water partition coefficient (Wildman–Crippen LogP) is 5.74. The largest absolute Gasteiger partial charge is 0.462 e. The summed E-state index contributed by atoms with van der Waals surface area (Å²) in [5, 5.41) is 9.72. The predicted molar refractivity (Wildman–Crippen MR) is 122 cm³/mol. The molecule has 0 spiro atoms. The van der Waals surface area contributed by atoms with Crippen LogP contribution in [-0.4, -0.2) is 17.7 Å². The van der Waals surface area contributed by atoms with Crippen molar-refractivity contribution in [3.05, 3.63) is 95.6 Å². The maximum atomic E-state index is 11.6. The van der Waals surface area contributed by atoms with Crippen molar-refractivity contribution in [2.45, 2.75) is 33.3 Å². The highest BCUT2D eigenvalue weighted by Gasteiger charge is 2.11. The molecule has 0 bridgehead atoms. The maximum absolute atomic E-state index is 11.6. The summed E-state index contributed by atoms with van der Waals surface area (Å²) in [6.45, 7) is 7.61. The maximum Gasteiger partial charge on any atom is 0.333 e. The highest BCUT2D eigenvalue weighted by atomic mass is 16.5. The molecule has 3 heteroatoms. The number of aliphatic hydroxyl groups is 1. The monoisotopic (exact) mass is 400 g/mol. The molecule has 3 aromatic rings. The molecule has 3 rings (SSSR count). The Balaban J connectivity index is 1.89. The van der Waals surface area contributed by atoms with E-state index in [-0.39, 0.29) is 19.2 Å². The fraction of sp³-hybridized carbons (Fsp3) is 0.222. The molecular weight excluding hydrogens is 372 g/mol. The van der Waals surface area contributed by atoms with E-state index in [1.165, 1.54) is 22.3 Å². The van der Waals surface area contributed by atoms with Gasteiger partial charge in [-0.1, -0.05) is 80.2 Å². The van der Waals surface area contributed by atoms with Gasteiger partial charge < -0.3 is 9.84 Å². The van der Waals surface area contributed by atoms with Gasteiger partial charge in [-0.3, -0.25) is 0 Å². The van der Waals surface area contributed by atoms with Crippen LogP contribution < -0.4 is 0 Å². The summed E-state index contributed by atoms with van der Waals surface area (Å²) >= 11 is 0. The Morgan fingerprint density at radius 2 is 1.60 bits per heavy atom. The number of benzene rings is 3. The van der Waals surface area contributed by atoms with Gasteiger partial charge in [0.2, 0.25) is 0 Å². The third-order valence-electron chi connectivity index (χ3n) is 5.23. The lowest BCUT2D eigenvalue weighted by molar-refractivity contribution is -0.138. The molecule has 30 heavy (non-hydrogen) atoms. The van der Waals surface area contributed by atoms with Crippen LogP contribution in [0.1, 0.15) is 30.5 Å². The highest BCUT2D eigenvalue weighted by Crippen LogP contribution is 2.31. The number of ether oxygens (including phenoxy) is 1. The molecule has 0 atom stereocenters. The summed E-state index contributed by atoms with van der Waals surface area (Å²) < 4.78 is 5.24. The van der Waals surface area contributed by atoms with Crippen molar-refractivity contribution >= 4 is 5.97 Å². The number of hydrogen-bond donors (Lipinski definition) is 1. The van der Waals surface area contributed by atoms with Crippen molar-refractivity contribution in [1.82, 2.24) is 0 Å². The summed E-state index contributed by atoms with van der Waals surface area (Å²) in [6.07, 6.45) is 1.47.